The minimum Gasteiger partial charge on any atom is -0.494 e. The van der Waals surface area contributed by atoms with Crippen LogP contribution in [-0.2, 0) is 0 Å². The monoisotopic (exact) mass is 854 g/mol. The van der Waals surface area contributed by atoms with E-state index in [0.29, 0.717) is 57.5 Å². The lowest BCUT2D eigenvalue weighted by Gasteiger charge is -2.36. The van der Waals surface area contributed by atoms with Crippen molar-refractivity contribution in [1.82, 2.24) is 60.5 Å². The van der Waals surface area contributed by atoms with Crippen molar-refractivity contribution in [3.63, 3.8) is 0 Å². The van der Waals surface area contributed by atoms with Gasteiger partial charge in [-0.25, -0.2) is 49.9 Å². The van der Waals surface area contributed by atoms with Crippen LogP contribution in [0.15, 0.2) is 98.1 Å². The van der Waals surface area contributed by atoms with E-state index in [4.69, 9.17) is 49.3 Å². The Morgan fingerprint density at radius 2 is 0.969 bits per heavy atom. The first-order valence-corrected chi connectivity index (χ1v) is 21.2. The number of pyridine rings is 6. The maximum absolute atomic E-state index is 5.79. The topological polar surface area (TPSA) is 184 Å². The molecule has 18 nitrogen and oxygen atoms in total. The number of ether oxygens (including phenoxy) is 2. The molecule has 0 aliphatic carbocycles. The smallest absolute Gasteiger partial charge is 0.162 e. The highest BCUT2D eigenvalue weighted by Crippen LogP contribution is 2.40. The molecule has 2 aliphatic heterocycles. The average Bonchev–Trinajstić information content (AvgIpc) is 3.35. The first-order chi connectivity index (χ1) is 31.5. The molecule has 2 N–H and O–H groups in total. The number of nitrogens with zero attached hydrogens (tertiary/aromatic N) is 14. The number of nitrogens with one attached hydrogen (secondary N) is 2. The van der Waals surface area contributed by atoms with Crippen LogP contribution >= 0.6 is 0 Å². The van der Waals surface area contributed by atoms with E-state index in [1.165, 1.54) is 0 Å². The second kappa shape index (κ2) is 17.6. The molecule has 18 heteroatoms. The summed E-state index contributed by atoms with van der Waals surface area (Å²) >= 11 is 0. The molecule has 0 bridgehead atoms. The number of piperazine rings is 2. The first-order valence-electron chi connectivity index (χ1n) is 21.2. The van der Waals surface area contributed by atoms with Crippen LogP contribution in [0.3, 0.4) is 0 Å². The van der Waals surface area contributed by atoms with E-state index in [9.17, 15) is 0 Å². The molecule has 10 heterocycles. The van der Waals surface area contributed by atoms with E-state index in [0.717, 1.165) is 97.0 Å². The van der Waals surface area contributed by atoms with Crippen molar-refractivity contribution < 1.29 is 9.47 Å². The van der Waals surface area contributed by atoms with Crippen LogP contribution in [0.4, 0.5) is 34.9 Å². The SMILES string of the molecule is COc1cncc2nc(-c3ccnc(N(c4ncccc4C)N(c4cc(-c5nc(N6CCNCC6)c6c(OC)cncc6n5)ccn4)c4ncccc4C)c3)nc(N3CCNCC3)c12. The van der Waals surface area contributed by atoms with E-state index in [2.05, 4.69) is 30.4 Å². The zero-order valence-corrected chi connectivity index (χ0v) is 36.0. The number of fused-ring (bicyclic) bond motifs is 2. The number of hydrogen-bond donors (Lipinski definition) is 2. The quantitative estimate of drug-likeness (QED) is 0.153. The van der Waals surface area contributed by atoms with Crippen molar-refractivity contribution in [3.8, 4) is 34.3 Å². The van der Waals surface area contributed by atoms with Crippen molar-refractivity contribution in [2.24, 2.45) is 0 Å². The molecule has 2 fully saturated rings. The third-order valence-corrected chi connectivity index (χ3v) is 11.4. The number of anilines is 6. The largest absolute Gasteiger partial charge is 0.494 e. The second-order valence-corrected chi connectivity index (χ2v) is 15.4. The van der Waals surface area contributed by atoms with E-state index in [-0.39, 0.29) is 0 Å². The van der Waals surface area contributed by atoms with Crippen molar-refractivity contribution in [2.45, 2.75) is 13.8 Å². The molecule has 0 atom stereocenters. The number of aryl methyl sites for hydroxylation is 2. The van der Waals surface area contributed by atoms with Gasteiger partial charge in [0.1, 0.15) is 23.1 Å². The minimum absolute atomic E-state index is 0.512. The summed E-state index contributed by atoms with van der Waals surface area (Å²) in [4.78, 5) is 54.0. The van der Waals surface area contributed by atoms with Crippen LogP contribution in [-0.4, -0.2) is 116 Å². The summed E-state index contributed by atoms with van der Waals surface area (Å²) in [6.45, 7) is 10.5. The van der Waals surface area contributed by atoms with Crippen molar-refractivity contribution in [1.29, 1.82) is 0 Å². The Bertz CT molecular complexity index is 2780. The van der Waals surface area contributed by atoms with Gasteiger partial charge in [0, 0.05) is 88.3 Å². The van der Waals surface area contributed by atoms with Crippen LogP contribution in [0.1, 0.15) is 11.1 Å². The second-order valence-electron chi connectivity index (χ2n) is 15.4. The molecule has 0 unspecified atom stereocenters. The molecule has 64 heavy (non-hydrogen) atoms. The molecule has 8 aromatic rings. The minimum atomic E-state index is 0.512. The molecule has 0 radical (unpaired) electrons. The molecule has 8 aromatic heterocycles. The number of rotatable bonds is 11. The fourth-order valence-corrected chi connectivity index (χ4v) is 8.21. The number of hydrogen-bond acceptors (Lipinski definition) is 18. The Morgan fingerprint density at radius 1 is 0.531 bits per heavy atom. The van der Waals surface area contributed by atoms with E-state index in [1.807, 2.05) is 72.4 Å². The van der Waals surface area contributed by atoms with Gasteiger partial charge < -0.3 is 29.9 Å². The standard InChI is InChI=1S/C46H46N16O2/c1-29-7-5-11-53-43(29)61(37-23-31(9-13-51-37)41-55-33-25-49-27-35(63-3)39(33)45(57-41)59-19-15-47-16-20-59)62(44-30(2)8-6-12-54-44)38-24-32(10-14-52-38)42-56-34-26-50-28-36(64-4)40(34)46(58-42)60-21-17-48-18-22-60/h5-14,23-28,47-48H,15-22H2,1-4H3. The number of methoxy groups -OCH3 is 2. The van der Waals surface area contributed by atoms with Crippen molar-refractivity contribution >= 4 is 56.7 Å². The van der Waals surface area contributed by atoms with Gasteiger partial charge in [-0.05, 0) is 61.4 Å². The molecule has 2 saturated heterocycles. The number of hydrazine groups is 1. The first kappa shape index (κ1) is 40.4. The van der Waals surface area contributed by atoms with Crippen LogP contribution < -0.4 is 39.9 Å². The highest BCUT2D eigenvalue weighted by molar-refractivity contribution is 5.97. The molecule has 2 aliphatic rings. The lowest BCUT2D eigenvalue weighted by Crippen LogP contribution is -2.44. The van der Waals surface area contributed by atoms with Gasteiger partial charge in [0.25, 0.3) is 0 Å². The Morgan fingerprint density at radius 3 is 1.38 bits per heavy atom. The Balaban J connectivity index is 1.15. The Labute approximate surface area is 369 Å². The van der Waals surface area contributed by atoms with Gasteiger partial charge in [-0.2, -0.15) is 0 Å². The van der Waals surface area contributed by atoms with Crippen LogP contribution in [0.25, 0.3) is 44.6 Å². The molecule has 0 amide bonds. The van der Waals surface area contributed by atoms with E-state index < -0.39 is 0 Å². The highest BCUT2D eigenvalue weighted by Gasteiger charge is 2.30. The maximum Gasteiger partial charge on any atom is 0.162 e. The fourth-order valence-electron chi connectivity index (χ4n) is 8.21. The normalized spacial score (nSPS) is 14.2. The summed E-state index contributed by atoms with van der Waals surface area (Å²) in [5, 5.41) is 12.4. The maximum atomic E-state index is 5.79. The third-order valence-electron chi connectivity index (χ3n) is 11.4. The molecule has 0 spiro atoms. The molecule has 10 rings (SSSR count). The Hall–Kier alpha value is -7.70. The summed E-state index contributed by atoms with van der Waals surface area (Å²) in [5.41, 5.74) is 4.60. The predicted octanol–water partition coefficient (Wildman–Crippen LogP) is 5.62. The van der Waals surface area contributed by atoms with Crippen LogP contribution in [0, 0.1) is 13.8 Å². The van der Waals surface area contributed by atoms with E-state index in [1.54, 1.807) is 63.8 Å². The number of aromatic nitrogens is 10. The van der Waals surface area contributed by atoms with Gasteiger partial charge in [0.2, 0.25) is 0 Å². The zero-order valence-electron chi connectivity index (χ0n) is 36.0. The van der Waals surface area contributed by atoms with Crippen molar-refractivity contribution in [3.05, 3.63) is 109 Å². The fraction of sp³-hybridized carbons (Fsp3) is 0.261. The molecule has 0 aromatic carbocycles. The molecular weight excluding hydrogens is 809 g/mol. The van der Waals surface area contributed by atoms with Gasteiger partial charge in [0.15, 0.2) is 34.9 Å². The van der Waals surface area contributed by atoms with Gasteiger partial charge in [-0.1, -0.05) is 12.1 Å². The summed E-state index contributed by atoms with van der Waals surface area (Å²) in [6, 6.07) is 15.6. The highest BCUT2D eigenvalue weighted by atomic mass is 16.5. The average molecular weight is 855 g/mol. The molecule has 0 saturated carbocycles. The van der Waals surface area contributed by atoms with Gasteiger partial charge in [-0.3, -0.25) is 9.97 Å². The van der Waals surface area contributed by atoms with Gasteiger partial charge >= 0.3 is 0 Å². The third kappa shape index (κ3) is 7.62. The van der Waals surface area contributed by atoms with Crippen molar-refractivity contribution in [2.75, 3.05) is 86.4 Å². The summed E-state index contributed by atoms with van der Waals surface area (Å²) in [6.07, 6.45) is 14.0. The molecular formula is C46H46N16O2. The zero-order chi connectivity index (χ0) is 43.6. The lowest BCUT2D eigenvalue weighted by atomic mass is 10.2. The van der Waals surface area contributed by atoms with E-state index >= 15 is 0 Å². The van der Waals surface area contributed by atoms with Crippen LogP contribution in [0.2, 0.25) is 0 Å². The summed E-state index contributed by atoms with van der Waals surface area (Å²) in [5.74, 6) is 6.10. The predicted molar refractivity (Wildman–Crippen MR) is 247 cm³/mol. The van der Waals surface area contributed by atoms with Gasteiger partial charge in [-0.15, -0.1) is 0 Å². The molecule has 322 valence electrons. The summed E-state index contributed by atoms with van der Waals surface area (Å²) in [7, 11) is 3.28. The van der Waals surface area contributed by atoms with Gasteiger partial charge in [0.05, 0.1) is 60.8 Å². The Kier molecular flexibility index (Phi) is 11.1. The lowest BCUT2D eigenvalue weighted by molar-refractivity contribution is 0.417. The van der Waals surface area contributed by atoms with Crippen LogP contribution in [0.5, 0.6) is 11.5 Å². The summed E-state index contributed by atoms with van der Waals surface area (Å²) < 4.78 is 11.6.